The molecule has 0 saturated carbocycles. The van der Waals surface area contributed by atoms with E-state index in [9.17, 15) is 0 Å². The topological polar surface area (TPSA) is 60.9 Å². The van der Waals surface area contributed by atoms with Crippen molar-refractivity contribution in [3.05, 3.63) is 41.4 Å². The third kappa shape index (κ3) is 2.59. The second-order valence-corrected chi connectivity index (χ2v) is 6.14. The lowest BCUT2D eigenvalue weighted by molar-refractivity contribution is 0.647. The Bertz CT molecular complexity index is 837. The zero-order valence-corrected chi connectivity index (χ0v) is 13.6. The first-order valence-corrected chi connectivity index (χ1v) is 8.00. The normalized spacial score (nSPS) is 15.4. The molecule has 1 aliphatic rings. The van der Waals surface area contributed by atoms with Crippen LogP contribution >= 0.6 is 11.6 Å². The van der Waals surface area contributed by atoms with Crippen molar-refractivity contribution in [1.82, 2.24) is 19.9 Å². The quantitative estimate of drug-likeness (QED) is 0.783. The first kappa shape index (κ1) is 14.3. The number of hydrogen-bond donors (Lipinski definition) is 1. The molecular weight excluding hydrogens is 312 g/mol. The molecule has 3 heterocycles. The van der Waals surface area contributed by atoms with Crippen LogP contribution in [0, 0.1) is 6.92 Å². The molecule has 1 aliphatic heterocycles. The second-order valence-electron chi connectivity index (χ2n) is 5.70. The first-order chi connectivity index (χ1) is 11.2. The van der Waals surface area contributed by atoms with Crippen LogP contribution in [-0.2, 0) is 0 Å². The number of imidazole rings is 1. The van der Waals surface area contributed by atoms with Gasteiger partial charge in [0.1, 0.15) is 11.8 Å². The molecule has 1 saturated heterocycles. The molecule has 4 rings (SSSR count). The zero-order chi connectivity index (χ0) is 15.8. The molecule has 0 atom stereocenters. The van der Waals surface area contributed by atoms with Crippen molar-refractivity contribution in [2.24, 2.45) is 0 Å². The van der Waals surface area contributed by atoms with Crippen molar-refractivity contribution < 1.29 is 0 Å². The van der Waals surface area contributed by atoms with E-state index in [0.29, 0.717) is 5.65 Å². The van der Waals surface area contributed by atoms with Crippen LogP contribution in [0.5, 0.6) is 0 Å². The molecule has 6 nitrogen and oxygen atoms in total. The fraction of sp³-hybridized carbons (Fsp3) is 0.312. The van der Waals surface area contributed by atoms with E-state index in [0.717, 1.165) is 42.5 Å². The van der Waals surface area contributed by atoms with Gasteiger partial charge in [-0.1, -0.05) is 17.7 Å². The van der Waals surface area contributed by atoms with Gasteiger partial charge in [0.05, 0.1) is 6.33 Å². The highest BCUT2D eigenvalue weighted by Crippen LogP contribution is 2.27. The molecule has 0 radical (unpaired) electrons. The Morgan fingerprint density at radius 2 is 1.83 bits per heavy atom. The molecular formula is C16H17ClN6. The van der Waals surface area contributed by atoms with E-state index in [2.05, 4.69) is 42.7 Å². The highest BCUT2D eigenvalue weighted by atomic mass is 35.5. The minimum absolute atomic E-state index is 0.711. The third-order valence-corrected chi connectivity index (χ3v) is 4.53. The SMILES string of the molecule is Cc1ccc(Cl)cc1N1CCN(c2ncnc3nc[nH]c23)CC1. The molecule has 1 N–H and O–H groups in total. The maximum Gasteiger partial charge on any atom is 0.182 e. The van der Waals surface area contributed by atoms with Gasteiger partial charge in [0.25, 0.3) is 0 Å². The number of H-pyrrole nitrogens is 1. The number of rotatable bonds is 2. The molecule has 0 aliphatic carbocycles. The Morgan fingerprint density at radius 3 is 2.65 bits per heavy atom. The van der Waals surface area contributed by atoms with Crippen LogP contribution in [0.25, 0.3) is 11.2 Å². The van der Waals surface area contributed by atoms with E-state index >= 15 is 0 Å². The number of nitrogens with zero attached hydrogens (tertiary/aromatic N) is 5. The molecule has 3 aromatic rings. The minimum atomic E-state index is 0.711. The Morgan fingerprint density at radius 1 is 1.04 bits per heavy atom. The number of fused-ring (bicyclic) bond motifs is 1. The van der Waals surface area contributed by atoms with Gasteiger partial charge in [-0.2, -0.15) is 0 Å². The summed E-state index contributed by atoms with van der Waals surface area (Å²) in [7, 11) is 0. The van der Waals surface area contributed by atoms with Crippen LogP contribution < -0.4 is 9.80 Å². The molecule has 1 aromatic carbocycles. The van der Waals surface area contributed by atoms with Gasteiger partial charge >= 0.3 is 0 Å². The monoisotopic (exact) mass is 328 g/mol. The molecule has 0 spiro atoms. The van der Waals surface area contributed by atoms with E-state index in [4.69, 9.17) is 11.6 Å². The molecule has 2 aromatic heterocycles. The summed E-state index contributed by atoms with van der Waals surface area (Å²) >= 11 is 6.15. The van der Waals surface area contributed by atoms with E-state index in [1.165, 1.54) is 11.3 Å². The van der Waals surface area contributed by atoms with Crippen molar-refractivity contribution in [2.45, 2.75) is 6.92 Å². The van der Waals surface area contributed by atoms with Gasteiger partial charge in [0.2, 0.25) is 0 Å². The smallest absolute Gasteiger partial charge is 0.182 e. The summed E-state index contributed by atoms with van der Waals surface area (Å²) in [6.45, 7) is 5.78. The lowest BCUT2D eigenvalue weighted by atomic mass is 10.1. The van der Waals surface area contributed by atoms with Crippen molar-refractivity contribution in [3.8, 4) is 0 Å². The van der Waals surface area contributed by atoms with Gasteiger partial charge in [-0.3, -0.25) is 0 Å². The van der Waals surface area contributed by atoms with Gasteiger partial charge in [-0.25, -0.2) is 15.0 Å². The van der Waals surface area contributed by atoms with Crippen LogP contribution in [-0.4, -0.2) is 46.1 Å². The number of anilines is 2. The maximum atomic E-state index is 6.15. The number of aryl methyl sites for hydroxylation is 1. The number of nitrogens with one attached hydrogen (secondary N) is 1. The van der Waals surface area contributed by atoms with E-state index in [1.807, 2.05) is 12.1 Å². The number of halogens is 1. The van der Waals surface area contributed by atoms with E-state index < -0.39 is 0 Å². The fourth-order valence-electron chi connectivity index (χ4n) is 3.07. The van der Waals surface area contributed by atoms with Gasteiger partial charge in [-0.15, -0.1) is 0 Å². The molecule has 0 amide bonds. The predicted octanol–water partition coefficient (Wildman–Crippen LogP) is 2.64. The lowest BCUT2D eigenvalue weighted by Crippen LogP contribution is -2.47. The Balaban J connectivity index is 1.55. The summed E-state index contributed by atoms with van der Waals surface area (Å²) in [5.41, 5.74) is 4.08. The van der Waals surface area contributed by atoms with Crippen molar-refractivity contribution >= 4 is 34.3 Å². The summed E-state index contributed by atoms with van der Waals surface area (Å²) in [6, 6.07) is 6.05. The van der Waals surface area contributed by atoms with Gasteiger partial charge in [0.15, 0.2) is 11.5 Å². The minimum Gasteiger partial charge on any atom is -0.368 e. The van der Waals surface area contributed by atoms with Crippen LogP contribution in [0.15, 0.2) is 30.9 Å². The standard InChI is InChI=1S/C16H17ClN6/c1-11-2-3-12(17)8-13(11)22-4-6-23(7-5-22)16-14-15(19-9-18-14)20-10-21-16/h2-3,8-10H,4-7H2,1H3,(H,18,19,20,21). The van der Waals surface area contributed by atoms with Crippen LogP contribution in [0.1, 0.15) is 5.56 Å². The van der Waals surface area contributed by atoms with E-state index in [1.54, 1.807) is 12.7 Å². The van der Waals surface area contributed by atoms with Gasteiger partial charge in [-0.05, 0) is 24.6 Å². The molecule has 23 heavy (non-hydrogen) atoms. The Hall–Kier alpha value is -2.34. The maximum absolute atomic E-state index is 6.15. The molecule has 1 fully saturated rings. The lowest BCUT2D eigenvalue weighted by Gasteiger charge is -2.37. The molecule has 118 valence electrons. The summed E-state index contributed by atoms with van der Waals surface area (Å²) in [5.74, 6) is 0.926. The number of aromatic amines is 1. The van der Waals surface area contributed by atoms with Gasteiger partial charge in [0, 0.05) is 36.9 Å². The number of piperazine rings is 1. The summed E-state index contributed by atoms with van der Waals surface area (Å²) in [4.78, 5) is 20.6. The first-order valence-electron chi connectivity index (χ1n) is 7.62. The van der Waals surface area contributed by atoms with Crippen LogP contribution in [0.3, 0.4) is 0 Å². The second kappa shape index (κ2) is 5.70. The molecule has 0 unspecified atom stereocenters. The van der Waals surface area contributed by atoms with Crippen molar-refractivity contribution in [2.75, 3.05) is 36.0 Å². The average molecular weight is 329 g/mol. The van der Waals surface area contributed by atoms with Gasteiger partial charge < -0.3 is 14.8 Å². The van der Waals surface area contributed by atoms with E-state index in [-0.39, 0.29) is 0 Å². The summed E-state index contributed by atoms with van der Waals surface area (Å²) < 4.78 is 0. The van der Waals surface area contributed by atoms with Crippen molar-refractivity contribution in [3.63, 3.8) is 0 Å². The number of hydrogen-bond acceptors (Lipinski definition) is 5. The third-order valence-electron chi connectivity index (χ3n) is 4.29. The summed E-state index contributed by atoms with van der Waals surface area (Å²) in [5, 5.41) is 0.781. The fourth-order valence-corrected chi connectivity index (χ4v) is 3.24. The van der Waals surface area contributed by atoms with Crippen LogP contribution in [0.2, 0.25) is 5.02 Å². The van der Waals surface area contributed by atoms with Crippen molar-refractivity contribution in [1.29, 1.82) is 0 Å². The Kier molecular flexibility index (Phi) is 3.53. The molecule has 7 heteroatoms. The predicted molar refractivity (Wildman–Crippen MR) is 92.3 cm³/mol. The molecule has 0 bridgehead atoms. The Labute approximate surface area is 139 Å². The number of benzene rings is 1. The highest BCUT2D eigenvalue weighted by molar-refractivity contribution is 6.30. The van der Waals surface area contributed by atoms with Crippen LogP contribution in [0.4, 0.5) is 11.5 Å². The summed E-state index contributed by atoms with van der Waals surface area (Å²) in [6.07, 6.45) is 3.24. The average Bonchev–Trinajstić information content (AvgIpc) is 3.06. The zero-order valence-electron chi connectivity index (χ0n) is 12.8. The highest BCUT2D eigenvalue weighted by Gasteiger charge is 2.21. The number of aromatic nitrogens is 4. The largest absolute Gasteiger partial charge is 0.368 e.